The van der Waals surface area contributed by atoms with Gasteiger partial charge in [-0.25, -0.2) is 9.18 Å². The third-order valence-corrected chi connectivity index (χ3v) is 2.04. The zero-order chi connectivity index (χ0) is 14.1. The van der Waals surface area contributed by atoms with E-state index < -0.39 is 12.0 Å². The first-order valence-electron chi connectivity index (χ1n) is 5.74. The molecule has 0 fully saturated rings. The highest BCUT2D eigenvalue weighted by atomic mass is 19.1. The maximum atomic E-state index is 12.9. The average Bonchev–Trinajstić information content (AvgIpc) is 2.37. The molecule has 0 bridgehead atoms. The number of esters is 1. The summed E-state index contributed by atoms with van der Waals surface area (Å²) in [7, 11) is 0. The fraction of sp³-hybridized carbons (Fsp3) is 0.231. The summed E-state index contributed by atoms with van der Waals surface area (Å²) in [5.41, 5.74) is 0.616. The maximum Gasteiger partial charge on any atom is 0.325 e. The standard InChI is InChI=1S/C13H15FN2O3/c1-2-19-12(17)9-16-13(18)15-7-6-10-4-3-5-11(14)8-10/h3-8H,2,9H2,1H3,(H2,15,16,18)/b7-6+. The smallest absolute Gasteiger partial charge is 0.325 e. The molecule has 102 valence electrons. The van der Waals surface area contributed by atoms with Crippen LogP contribution in [0.15, 0.2) is 30.5 Å². The predicted octanol–water partition coefficient (Wildman–Crippen LogP) is 1.66. The molecule has 0 saturated carbocycles. The third-order valence-electron chi connectivity index (χ3n) is 2.04. The van der Waals surface area contributed by atoms with Gasteiger partial charge in [-0.3, -0.25) is 4.79 Å². The Morgan fingerprint density at radius 2 is 2.21 bits per heavy atom. The quantitative estimate of drug-likeness (QED) is 0.796. The highest BCUT2D eigenvalue weighted by molar-refractivity contribution is 5.81. The maximum absolute atomic E-state index is 12.9. The van der Waals surface area contributed by atoms with Crippen LogP contribution in [-0.2, 0) is 9.53 Å². The molecule has 0 spiro atoms. The van der Waals surface area contributed by atoms with E-state index in [0.717, 1.165) is 0 Å². The lowest BCUT2D eigenvalue weighted by molar-refractivity contribution is -0.141. The molecule has 1 aromatic rings. The molecule has 0 aromatic heterocycles. The van der Waals surface area contributed by atoms with Gasteiger partial charge in [-0.1, -0.05) is 12.1 Å². The first-order valence-corrected chi connectivity index (χ1v) is 5.74. The summed E-state index contributed by atoms with van der Waals surface area (Å²) in [6.07, 6.45) is 2.89. The fourth-order valence-electron chi connectivity index (χ4n) is 1.24. The molecule has 0 aliphatic heterocycles. The lowest BCUT2D eigenvalue weighted by Crippen LogP contribution is -2.36. The lowest BCUT2D eigenvalue weighted by atomic mass is 10.2. The Bertz CT molecular complexity index is 475. The predicted molar refractivity (Wildman–Crippen MR) is 68.6 cm³/mol. The Kier molecular flexibility index (Phi) is 6.08. The van der Waals surface area contributed by atoms with Crippen molar-refractivity contribution < 1.29 is 18.7 Å². The number of benzene rings is 1. The van der Waals surface area contributed by atoms with E-state index in [1.165, 1.54) is 24.4 Å². The molecule has 0 radical (unpaired) electrons. The van der Waals surface area contributed by atoms with Crippen LogP contribution in [0.3, 0.4) is 0 Å². The SMILES string of the molecule is CCOC(=O)CNC(=O)N/C=C/c1cccc(F)c1. The van der Waals surface area contributed by atoms with Gasteiger partial charge in [-0.05, 0) is 30.7 Å². The van der Waals surface area contributed by atoms with Gasteiger partial charge in [-0.15, -0.1) is 0 Å². The zero-order valence-electron chi connectivity index (χ0n) is 10.5. The van der Waals surface area contributed by atoms with Gasteiger partial charge < -0.3 is 15.4 Å². The third kappa shape index (κ3) is 6.21. The molecule has 0 aliphatic carbocycles. The topological polar surface area (TPSA) is 67.4 Å². The van der Waals surface area contributed by atoms with Gasteiger partial charge in [0, 0.05) is 6.20 Å². The van der Waals surface area contributed by atoms with Gasteiger partial charge in [0.25, 0.3) is 0 Å². The number of halogens is 1. The van der Waals surface area contributed by atoms with Gasteiger partial charge in [0.05, 0.1) is 6.61 Å². The molecule has 0 aliphatic rings. The highest BCUT2D eigenvalue weighted by Gasteiger charge is 2.03. The summed E-state index contributed by atoms with van der Waals surface area (Å²) in [6.45, 7) is 1.74. The van der Waals surface area contributed by atoms with E-state index in [1.807, 2.05) is 0 Å². The number of hydrogen-bond donors (Lipinski definition) is 2. The Morgan fingerprint density at radius 1 is 1.42 bits per heavy atom. The van der Waals surface area contributed by atoms with Crippen LogP contribution in [0, 0.1) is 5.82 Å². The van der Waals surface area contributed by atoms with Crippen molar-refractivity contribution in [2.24, 2.45) is 0 Å². The number of amides is 2. The summed E-state index contributed by atoms with van der Waals surface area (Å²) in [4.78, 5) is 22.2. The molecule has 2 N–H and O–H groups in total. The van der Waals surface area contributed by atoms with Gasteiger partial charge in [0.2, 0.25) is 0 Å². The summed E-state index contributed by atoms with van der Waals surface area (Å²) >= 11 is 0. The first-order chi connectivity index (χ1) is 9.11. The van der Waals surface area contributed by atoms with Gasteiger partial charge in [0.1, 0.15) is 12.4 Å². The van der Waals surface area contributed by atoms with E-state index in [2.05, 4.69) is 15.4 Å². The van der Waals surface area contributed by atoms with Crippen LogP contribution in [0.1, 0.15) is 12.5 Å². The van der Waals surface area contributed by atoms with Gasteiger partial charge in [-0.2, -0.15) is 0 Å². The van der Waals surface area contributed by atoms with E-state index in [4.69, 9.17) is 0 Å². The minimum atomic E-state index is -0.541. The molecule has 19 heavy (non-hydrogen) atoms. The number of nitrogens with one attached hydrogen (secondary N) is 2. The number of carbonyl (C=O) groups excluding carboxylic acids is 2. The van der Waals surface area contributed by atoms with E-state index in [9.17, 15) is 14.0 Å². The van der Waals surface area contributed by atoms with Crippen LogP contribution in [0.25, 0.3) is 6.08 Å². The summed E-state index contributed by atoms with van der Waals surface area (Å²) < 4.78 is 17.5. The van der Waals surface area contributed by atoms with Crippen molar-refractivity contribution in [3.8, 4) is 0 Å². The second-order valence-electron chi connectivity index (χ2n) is 3.52. The lowest BCUT2D eigenvalue weighted by Gasteiger charge is -2.04. The van der Waals surface area contributed by atoms with Crippen LogP contribution in [0.5, 0.6) is 0 Å². The van der Waals surface area contributed by atoms with Crippen LogP contribution in [0.2, 0.25) is 0 Å². The normalized spacial score (nSPS) is 10.2. The number of carbonyl (C=O) groups is 2. The van der Waals surface area contributed by atoms with Crippen molar-refractivity contribution in [3.05, 3.63) is 41.8 Å². The number of urea groups is 1. The zero-order valence-corrected chi connectivity index (χ0v) is 10.5. The van der Waals surface area contributed by atoms with Crippen molar-refractivity contribution in [2.45, 2.75) is 6.92 Å². The van der Waals surface area contributed by atoms with Crippen molar-refractivity contribution in [1.29, 1.82) is 0 Å². The van der Waals surface area contributed by atoms with Crippen LogP contribution >= 0.6 is 0 Å². The summed E-state index contributed by atoms with van der Waals surface area (Å²) in [5, 5.41) is 4.70. The molecular weight excluding hydrogens is 251 g/mol. The van der Waals surface area contributed by atoms with E-state index >= 15 is 0 Å². The summed E-state index contributed by atoms with van der Waals surface area (Å²) in [5.74, 6) is -0.860. The van der Waals surface area contributed by atoms with Crippen LogP contribution in [-0.4, -0.2) is 25.2 Å². The highest BCUT2D eigenvalue weighted by Crippen LogP contribution is 2.04. The largest absolute Gasteiger partial charge is 0.465 e. The fourth-order valence-corrected chi connectivity index (χ4v) is 1.24. The average molecular weight is 266 g/mol. The molecule has 0 saturated heterocycles. The molecule has 2 amide bonds. The van der Waals surface area contributed by atoms with Gasteiger partial charge in [0.15, 0.2) is 0 Å². The molecule has 1 rings (SSSR count). The molecule has 1 aromatic carbocycles. The summed E-state index contributed by atoms with van der Waals surface area (Å²) in [6, 6.07) is 5.37. The Hall–Kier alpha value is -2.37. The minimum Gasteiger partial charge on any atom is -0.465 e. The number of hydrogen-bond acceptors (Lipinski definition) is 3. The molecule has 0 unspecified atom stereocenters. The Labute approximate surface area is 110 Å². The van der Waals surface area contributed by atoms with Crippen molar-refractivity contribution in [3.63, 3.8) is 0 Å². The van der Waals surface area contributed by atoms with E-state index in [1.54, 1.807) is 19.1 Å². The Morgan fingerprint density at radius 3 is 2.89 bits per heavy atom. The monoisotopic (exact) mass is 266 g/mol. The Balaban J connectivity index is 2.32. The van der Waals surface area contributed by atoms with Crippen molar-refractivity contribution >= 4 is 18.1 Å². The van der Waals surface area contributed by atoms with Crippen molar-refractivity contribution in [2.75, 3.05) is 13.2 Å². The molecule has 0 atom stereocenters. The van der Waals surface area contributed by atoms with Crippen LogP contribution in [0.4, 0.5) is 9.18 Å². The van der Waals surface area contributed by atoms with Crippen molar-refractivity contribution in [1.82, 2.24) is 10.6 Å². The van der Waals surface area contributed by atoms with E-state index in [0.29, 0.717) is 5.56 Å². The molecule has 5 nitrogen and oxygen atoms in total. The minimum absolute atomic E-state index is 0.201. The van der Waals surface area contributed by atoms with Crippen LogP contribution < -0.4 is 10.6 Å². The molecular formula is C13H15FN2O3. The van der Waals surface area contributed by atoms with E-state index in [-0.39, 0.29) is 19.0 Å². The number of ether oxygens (including phenoxy) is 1. The molecule has 0 heterocycles. The number of rotatable bonds is 5. The van der Waals surface area contributed by atoms with Gasteiger partial charge >= 0.3 is 12.0 Å². The molecule has 6 heteroatoms. The second kappa shape index (κ2) is 7.86. The second-order valence-corrected chi connectivity index (χ2v) is 3.52. The first kappa shape index (κ1) is 14.7.